The average molecular weight is 270 g/mol. The van der Waals surface area contributed by atoms with E-state index in [1.807, 2.05) is 0 Å². The molecule has 2 rings (SSSR count). The molecule has 1 aliphatic heterocycles. The van der Waals surface area contributed by atoms with Crippen LogP contribution in [0.25, 0.3) is 0 Å². The zero-order valence-electron chi connectivity index (χ0n) is 11.1. The van der Waals surface area contributed by atoms with E-state index in [1.54, 1.807) is 0 Å². The molecule has 0 radical (unpaired) electrons. The number of rotatable bonds is 6. The van der Waals surface area contributed by atoms with Crippen LogP contribution in [0.1, 0.15) is 38.4 Å². The molecule has 5 nitrogen and oxygen atoms in total. The van der Waals surface area contributed by atoms with E-state index in [9.17, 15) is 5.11 Å². The van der Waals surface area contributed by atoms with Gasteiger partial charge in [0, 0.05) is 36.6 Å². The lowest BCUT2D eigenvalue weighted by atomic mass is 10.2. The van der Waals surface area contributed by atoms with Crippen molar-refractivity contribution in [3.8, 4) is 0 Å². The molecule has 1 aromatic heterocycles. The third kappa shape index (κ3) is 3.40. The first-order valence-corrected chi connectivity index (χ1v) is 7.41. The van der Waals surface area contributed by atoms with Crippen LogP contribution in [-0.2, 0) is 0 Å². The number of aliphatic hydroxyl groups excluding tert-OH is 1. The second kappa shape index (κ2) is 6.45. The summed E-state index contributed by atoms with van der Waals surface area (Å²) in [6, 6.07) is 0.517. The van der Waals surface area contributed by atoms with Crippen molar-refractivity contribution < 1.29 is 5.11 Å². The van der Waals surface area contributed by atoms with Crippen molar-refractivity contribution in [2.45, 2.75) is 38.6 Å². The molecule has 6 heteroatoms. The Morgan fingerprint density at radius 2 is 2.39 bits per heavy atom. The van der Waals surface area contributed by atoms with E-state index in [0.29, 0.717) is 18.5 Å². The Hall–Kier alpha value is -0.720. The molecule has 0 bridgehead atoms. The molecule has 0 saturated carbocycles. The second-order valence-corrected chi connectivity index (χ2v) is 5.78. The fourth-order valence-corrected chi connectivity index (χ4v) is 3.00. The Labute approximate surface area is 112 Å². The molecule has 0 aliphatic carbocycles. The van der Waals surface area contributed by atoms with Gasteiger partial charge < -0.3 is 15.3 Å². The Kier molecular flexibility index (Phi) is 4.91. The van der Waals surface area contributed by atoms with Crippen molar-refractivity contribution in [3.63, 3.8) is 0 Å². The van der Waals surface area contributed by atoms with Crippen molar-refractivity contribution in [2.75, 3.05) is 31.1 Å². The first-order valence-electron chi connectivity index (χ1n) is 6.63. The van der Waals surface area contributed by atoms with Crippen molar-refractivity contribution in [3.05, 3.63) is 5.82 Å². The molecule has 102 valence electrons. The number of anilines is 1. The van der Waals surface area contributed by atoms with Crippen molar-refractivity contribution >= 4 is 16.7 Å². The van der Waals surface area contributed by atoms with Gasteiger partial charge in [-0.2, -0.15) is 4.37 Å². The van der Waals surface area contributed by atoms with Crippen LogP contribution in [0.4, 0.5) is 5.13 Å². The van der Waals surface area contributed by atoms with Crippen LogP contribution in [0.2, 0.25) is 0 Å². The zero-order chi connectivity index (χ0) is 13.0. The summed E-state index contributed by atoms with van der Waals surface area (Å²) in [7, 11) is 0. The normalized spacial score (nSPS) is 19.7. The predicted octanol–water partition coefficient (Wildman–Crippen LogP) is 1.21. The van der Waals surface area contributed by atoms with Gasteiger partial charge in [0.1, 0.15) is 5.82 Å². The molecule has 2 heterocycles. The van der Waals surface area contributed by atoms with Crippen LogP contribution in [0.15, 0.2) is 0 Å². The molecule has 0 amide bonds. The molecule has 0 aromatic carbocycles. The average Bonchev–Trinajstić information content (AvgIpc) is 2.99. The molecule has 0 spiro atoms. The highest BCUT2D eigenvalue weighted by atomic mass is 32.1. The monoisotopic (exact) mass is 270 g/mol. The number of aliphatic hydroxyl groups is 1. The van der Waals surface area contributed by atoms with E-state index in [2.05, 4.69) is 33.4 Å². The molecule has 1 saturated heterocycles. The predicted molar refractivity (Wildman–Crippen MR) is 74.3 cm³/mol. The lowest BCUT2D eigenvalue weighted by Crippen LogP contribution is -2.39. The van der Waals surface area contributed by atoms with Gasteiger partial charge >= 0.3 is 0 Å². The molecule has 1 unspecified atom stereocenters. The number of hydrogen-bond acceptors (Lipinski definition) is 6. The van der Waals surface area contributed by atoms with Crippen molar-refractivity contribution in [2.24, 2.45) is 0 Å². The van der Waals surface area contributed by atoms with Crippen molar-refractivity contribution in [1.82, 2.24) is 14.7 Å². The zero-order valence-corrected chi connectivity index (χ0v) is 11.9. The SMILES string of the molecule is CC(C)c1nsc(N(CCO)CC2CCCN2)n1. The third-order valence-corrected chi connectivity index (χ3v) is 3.98. The van der Waals surface area contributed by atoms with Gasteiger partial charge in [-0.1, -0.05) is 13.8 Å². The minimum atomic E-state index is 0.156. The lowest BCUT2D eigenvalue weighted by molar-refractivity contribution is 0.300. The van der Waals surface area contributed by atoms with E-state index >= 15 is 0 Å². The standard InChI is InChI=1S/C12H22N4OS/c1-9(2)11-14-12(18-15-11)16(6-7-17)8-10-4-3-5-13-10/h9-10,13,17H,3-8H2,1-2H3. The highest BCUT2D eigenvalue weighted by Crippen LogP contribution is 2.22. The first-order chi connectivity index (χ1) is 8.70. The van der Waals surface area contributed by atoms with Gasteiger partial charge in [-0.25, -0.2) is 4.98 Å². The summed E-state index contributed by atoms with van der Waals surface area (Å²) < 4.78 is 4.38. The Morgan fingerprint density at radius 3 is 2.94 bits per heavy atom. The maximum atomic E-state index is 9.18. The fourth-order valence-electron chi connectivity index (χ4n) is 2.15. The fraction of sp³-hybridized carbons (Fsp3) is 0.833. The molecule has 1 aliphatic rings. The topological polar surface area (TPSA) is 61.3 Å². The molecule has 18 heavy (non-hydrogen) atoms. The van der Waals surface area contributed by atoms with Crippen LogP contribution in [0.3, 0.4) is 0 Å². The summed E-state index contributed by atoms with van der Waals surface area (Å²) in [6.07, 6.45) is 2.45. The summed E-state index contributed by atoms with van der Waals surface area (Å²) in [5.41, 5.74) is 0. The highest BCUT2D eigenvalue weighted by Gasteiger charge is 2.20. The van der Waals surface area contributed by atoms with E-state index in [-0.39, 0.29) is 6.61 Å². The maximum Gasteiger partial charge on any atom is 0.205 e. The van der Waals surface area contributed by atoms with Gasteiger partial charge in [-0.3, -0.25) is 0 Å². The quantitative estimate of drug-likeness (QED) is 0.813. The highest BCUT2D eigenvalue weighted by molar-refractivity contribution is 7.09. The molecule has 1 fully saturated rings. The van der Waals surface area contributed by atoms with Gasteiger partial charge in [0.15, 0.2) is 0 Å². The van der Waals surface area contributed by atoms with E-state index in [0.717, 1.165) is 24.0 Å². The molecular weight excluding hydrogens is 248 g/mol. The summed E-state index contributed by atoms with van der Waals surface area (Å²) in [5, 5.41) is 13.6. The van der Waals surface area contributed by atoms with Crippen molar-refractivity contribution in [1.29, 1.82) is 0 Å². The molecular formula is C12H22N4OS. The smallest absolute Gasteiger partial charge is 0.205 e. The van der Waals surface area contributed by atoms with Gasteiger partial charge in [0.05, 0.1) is 6.61 Å². The summed E-state index contributed by atoms with van der Waals surface area (Å²) in [5.74, 6) is 1.26. The number of aromatic nitrogens is 2. The summed E-state index contributed by atoms with van der Waals surface area (Å²) in [6.45, 7) is 6.99. The van der Waals surface area contributed by atoms with Crippen LogP contribution in [0.5, 0.6) is 0 Å². The summed E-state index contributed by atoms with van der Waals surface area (Å²) >= 11 is 1.44. The van der Waals surface area contributed by atoms with Gasteiger partial charge in [-0.15, -0.1) is 0 Å². The second-order valence-electron chi connectivity index (χ2n) is 5.05. The van der Waals surface area contributed by atoms with Crippen LogP contribution in [0, 0.1) is 0 Å². The first kappa shape index (κ1) is 13.7. The van der Waals surface area contributed by atoms with Crippen LogP contribution >= 0.6 is 11.5 Å². The number of nitrogens with zero attached hydrogens (tertiary/aromatic N) is 3. The van der Waals surface area contributed by atoms with Gasteiger partial charge in [-0.05, 0) is 19.4 Å². The minimum absolute atomic E-state index is 0.156. The number of hydrogen-bond donors (Lipinski definition) is 2. The van der Waals surface area contributed by atoms with Gasteiger partial charge in [0.25, 0.3) is 0 Å². The lowest BCUT2D eigenvalue weighted by Gasteiger charge is -2.24. The summed E-state index contributed by atoms with van der Waals surface area (Å²) in [4.78, 5) is 6.71. The van der Waals surface area contributed by atoms with Crippen LogP contribution < -0.4 is 10.2 Å². The Bertz CT molecular complexity index is 363. The van der Waals surface area contributed by atoms with E-state index in [4.69, 9.17) is 0 Å². The molecule has 2 N–H and O–H groups in total. The maximum absolute atomic E-state index is 9.18. The van der Waals surface area contributed by atoms with E-state index in [1.165, 1.54) is 24.4 Å². The molecule has 1 atom stereocenters. The largest absolute Gasteiger partial charge is 0.395 e. The third-order valence-electron chi connectivity index (χ3n) is 3.19. The number of nitrogens with one attached hydrogen (secondary N) is 1. The van der Waals surface area contributed by atoms with Crippen LogP contribution in [-0.4, -0.2) is 46.7 Å². The Morgan fingerprint density at radius 1 is 1.56 bits per heavy atom. The molecule has 1 aromatic rings. The van der Waals surface area contributed by atoms with E-state index < -0.39 is 0 Å². The Balaban J connectivity index is 2.02. The van der Waals surface area contributed by atoms with Gasteiger partial charge in [0.2, 0.25) is 5.13 Å². The minimum Gasteiger partial charge on any atom is -0.395 e.